The summed E-state index contributed by atoms with van der Waals surface area (Å²) in [5, 5.41) is 0. The van der Waals surface area contributed by atoms with E-state index in [2.05, 4.69) is 0 Å². The first-order valence-electron chi connectivity index (χ1n) is 5.96. The molecule has 88 valence electrons. The molecule has 2 aliphatic rings. The third-order valence-electron chi connectivity index (χ3n) is 3.92. The van der Waals surface area contributed by atoms with Gasteiger partial charge in [-0.25, -0.2) is 0 Å². The van der Waals surface area contributed by atoms with Crippen LogP contribution in [-0.2, 0) is 15.0 Å². The molecule has 1 saturated carbocycles. The van der Waals surface area contributed by atoms with Crippen LogP contribution in [0.1, 0.15) is 25.3 Å². The third-order valence-corrected chi connectivity index (χ3v) is 3.92. The highest BCUT2D eigenvalue weighted by Crippen LogP contribution is 2.46. The Morgan fingerprint density at radius 1 is 1.29 bits per heavy atom. The molecule has 0 aromatic heterocycles. The van der Waals surface area contributed by atoms with Crippen LogP contribution in [0.25, 0.3) is 0 Å². The highest BCUT2D eigenvalue weighted by Gasteiger charge is 2.56. The predicted molar refractivity (Wildman–Crippen MR) is 62.0 cm³/mol. The highest BCUT2D eigenvalue weighted by molar-refractivity contribution is 6.19. The molecular formula is C14H14O3. The van der Waals surface area contributed by atoms with E-state index in [1.807, 2.05) is 31.2 Å². The second-order valence-corrected chi connectivity index (χ2v) is 4.89. The van der Waals surface area contributed by atoms with Crippen molar-refractivity contribution < 1.29 is 14.3 Å². The van der Waals surface area contributed by atoms with Crippen LogP contribution >= 0.6 is 0 Å². The molecule has 0 N–H and O–H groups in total. The zero-order valence-electron chi connectivity index (χ0n) is 9.73. The average Bonchev–Trinajstić information content (AvgIpc) is 2.55. The fourth-order valence-electron chi connectivity index (χ4n) is 3.04. The van der Waals surface area contributed by atoms with E-state index in [4.69, 9.17) is 4.74 Å². The van der Waals surface area contributed by atoms with E-state index in [-0.39, 0.29) is 17.5 Å². The molecule has 1 heterocycles. The number of fused-ring (bicyclic) bond motifs is 2. The maximum atomic E-state index is 12.4. The van der Waals surface area contributed by atoms with Crippen molar-refractivity contribution in [1.29, 1.82) is 0 Å². The van der Waals surface area contributed by atoms with Gasteiger partial charge in [0.15, 0.2) is 11.6 Å². The molecule has 1 aromatic carbocycles. The van der Waals surface area contributed by atoms with Gasteiger partial charge in [-0.1, -0.05) is 25.1 Å². The number of para-hydroxylation sites is 1. The SMILES string of the molecule is C[C@H]1CC(=O)[C@]2(CCOc3ccccc32)C1=O. The van der Waals surface area contributed by atoms with Crippen LogP contribution in [0, 0.1) is 5.92 Å². The molecule has 3 rings (SSSR count). The van der Waals surface area contributed by atoms with Crippen molar-refractivity contribution in [3.63, 3.8) is 0 Å². The van der Waals surface area contributed by atoms with Crippen LogP contribution in [0.3, 0.4) is 0 Å². The predicted octanol–water partition coefficient (Wildman–Crippen LogP) is 1.88. The van der Waals surface area contributed by atoms with Gasteiger partial charge in [0.25, 0.3) is 0 Å². The molecule has 0 radical (unpaired) electrons. The van der Waals surface area contributed by atoms with Crippen LogP contribution in [0.2, 0.25) is 0 Å². The maximum Gasteiger partial charge on any atom is 0.154 e. The molecule has 1 fully saturated rings. The lowest BCUT2D eigenvalue weighted by Crippen LogP contribution is -2.43. The van der Waals surface area contributed by atoms with Gasteiger partial charge in [0, 0.05) is 24.3 Å². The normalized spacial score (nSPS) is 31.5. The Hall–Kier alpha value is -1.64. The second-order valence-electron chi connectivity index (χ2n) is 4.89. The fraction of sp³-hybridized carbons (Fsp3) is 0.429. The lowest BCUT2D eigenvalue weighted by Gasteiger charge is -2.32. The summed E-state index contributed by atoms with van der Waals surface area (Å²) in [6.45, 7) is 2.29. The molecule has 0 bridgehead atoms. The van der Waals surface area contributed by atoms with E-state index in [1.54, 1.807) is 0 Å². The van der Waals surface area contributed by atoms with E-state index < -0.39 is 5.41 Å². The Labute approximate surface area is 99.8 Å². The van der Waals surface area contributed by atoms with Crippen molar-refractivity contribution in [3.05, 3.63) is 29.8 Å². The molecule has 1 aliphatic carbocycles. The van der Waals surface area contributed by atoms with Crippen LogP contribution in [0.15, 0.2) is 24.3 Å². The van der Waals surface area contributed by atoms with E-state index in [9.17, 15) is 9.59 Å². The number of ether oxygens (including phenoxy) is 1. The maximum absolute atomic E-state index is 12.4. The average molecular weight is 230 g/mol. The lowest BCUT2D eigenvalue weighted by molar-refractivity contribution is -0.131. The van der Waals surface area contributed by atoms with Crippen molar-refractivity contribution >= 4 is 11.6 Å². The number of hydrogen-bond acceptors (Lipinski definition) is 3. The molecule has 2 atom stereocenters. The lowest BCUT2D eigenvalue weighted by atomic mass is 9.72. The standard InChI is InChI=1S/C14H14O3/c1-9-8-12(15)14(13(9)16)6-7-17-11-5-3-2-4-10(11)14/h2-5,9H,6-8H2,1H3/t9-,14+/m0/s1. The molecule has 17 heavy (non-hydrogen) atoms. The van der Waals surface area contributed by atoms with Crippen LogP contribution in [-0.4, -0.2) is 18.2 Å². The minimum absolute atomic E-state index is 0.0609. The van der Waals surface area contributed by atoms with Crippen molar-refractivity contribution in [3.8, 4) is 5.75 Å². The van der Waals surface area contributed by atoms with Gasteiger partial charge in [0.2, 0.25) is 0 Å². The largest absolute Gasteiger partial charge is 0.493 e. The third kappa shape index (κ3) is 1.22. The van der Waals surface area contributed by atoms with Crippen molar-refractivity contribution in [2.45, 2.75) is 25.2 Å². The summed E-state index contributed by atoms with van der Waals surface area (Å²) in [7, 11) is 0. The zero-order chi connectivity index (χ0) is 12.0. The van der Waals surface area contributed by atoms with E-state index in [1.165, 1.54) is 0 Å². The van der Waals surface area contributed by atoms with Crippen LogP contribution in [0.4, 0.5) is 0 Å². The Morgan fingerprint density at radius 3 is 2.76 bits per heavy atom. The molecule has 0 amide bonds. The number of carbonyl (C=O) groups excluding carboxylic acids is 2. The molecule has 1 aliphatic heterocycles. The molecule has 1 aromatic rings. The van der Waals surface area contributed by atoms with Gasteiger partial charge in [-0.05, 0) is 6.07 Å². The summed E-state index contributed by atoms with van der Waals surface area (Å²) in [6.07, 6.45) is 0.860. The quantitative estimate of drug-likeness (QED) is 0.639. The van der Waals surface area contributed by atoms with Crippen LogP contribution < -0.4 is 4.74 Å². The van der Waals surface area contributed by atoms with Gasteiger partial charge >= 0.3 is 0 Å². The van der Waals surface area contributed by atoms with E-state index in [0.717, 1.165) is 5.56 Å². The summed E-state index contributed by atoms with van der Waals surface area (Å²) >= 11 is 0. The minimum Gasteiger partial charge on any atom is -0.493 e. The van der Waals surface area contributed by atoms with E-state index >= 15 is 0 Å². The number of Topliss-reactive ketones (excluding diaryl/α,β-unsaturated/α-hetero) is 2. The van der Waals surface area contributed by atoms with Gasteiger partial charge in [-0.2, -0.15) is 0 Å². The first-order chi connectivity index (χ1) is 8.16. The first-order valence-corrected chi connectivity index (χ1v) is 5.96. The summed E-state index contributed by atoms with van der Waals surface area (Å²) in [5.41, 5.74) is -0.139. The summed E-state index contributed by atoms with van der Waals surface area (Å²) < 4.78 is 5.54. The van der Waals surface area contributed by atoms with Crippen molar-refractivity contribution in [1.82, 2.24) is 0 Å². The van der Waals surface area contributed by atoms with Crippen LogP contribution in [0.5, 0.6) is 5.75 Å². The molecule has 1 spiro atoms. The summed E-state index contributed by atoms with van der Waals surface area (Å²) in [4.78, 5) is 24.6. The Balaban J connectivity index is 2.22. The molecule has 0 saturated heterocycles. The number of benzene rings is 1. The molecular weight excluding hydrogens is 216 g/mol. The zero-order valence-corrected chi connectivity index (χ0v) is 9.73. The Bertz CT molecular complexity index is 506. The van der Waals surface area contributed by atoms with Crippen molar-refractivity contribution in [2.24, 2.45) is 5.92 Å². The molecule has 0 unspecified atom stereocenters. The van der Waals surface area contributed by atoms with Gasteiger partial charge in [0.1, 0.15) is 11.2 Å². The van der Waals surface area contributed by atoms with Crippen molar-refractivity contribution in [2.75, 3.05) is 6.61 Å². The summed E-state index contributed by atoms with van der Waals surface area (Å²) in [6, 6.07) is 7.41. The smallest absolute Gasteiger partial charge is 0.154 e. The van der Waals surface area contributed by atoms with Gasteiger partial charge in [0.05, 0.1) is 6.61 Å². The van der Waals surface area contributed by atoms with Gasteiger partial charge in [-0.15, -0.1) is 0 Å². The Morgan fingerprint density at radius 2 is 2.06 bits per heavy atom. The molecule has 3 nitrogen and oxygen atoms in total. The Kier molecular flexibility index (Phi) is 2.12. The minimum atomic E-state index is -0.908. The number of hydrogen-bond donors (Lipinski definition) is 0. The molecule has 3 heteroatoms. The number of carbonyl (C=O) groups is 2. The topological polar surface area (TPSA) is 43.4 Å². The second kappa shape index (κ2) is 3.42. The summed E-state index contributed by atoms with van der Waals surface area (Å²) in [5.74, 6) is 0.659. The fourth-order valence-corrected chi connectivity index (χ4v) is 3.04. The number of rotatable bonds is 0. The highest BCUT2D eigenvalue weighted by atomic mass is 16.5. The van der Waals surface area contributed by atoms with Gasteiger partial charge < -0.3 is 4.74 Å². The van der Waals surface area contributed by atoms with Gasteiger partial charge in [-0.3, -0.25) is 9.59 Å². The monoisotopic (exact) mass is 230 g/mol. The first kappa shape index (κ1) is 10.5. The number of ketones is 2. The van der Waals surface area contributed by atoms with E-state index in [0.29, 0.717) is 25.2 Å².